The number of halogens is 2. The van der Waals surface area contributed by atoms with Crippen LogP contribution >= 0.6 is 35.6 Å². The first-order valence-electron chi connectivity index (χ1n) is 8.55. The zero-order valence-corrected chi connectivity index (χ0v) is 18.0. The summed E-state index contributed by atoms with van der Waals surface area (Å²) < 4.78 is 0. The van der Waals surface area contributed by atoms with Crippen LogP contribution in [0.1, 0.15) is 31.7 Å². The third-order valence-electron chi connectivity index (χ3n) is 4.21. The molecule has 2 rings (SSSR count). The van der Waals surface area contributed by atoms with E-state index in [0.717, 1.165) is 30.1 Å². The van der Waals surface area contributed by atoms with Gasteiger partial charge >= 0.3 is 0 Å². The van der Waals surface area contributed by atoms with Crippen molar-refractivity contribution in [3.8, 4) is 0 Å². The van der Waals surface area contributed by atoms with Crippen LogP contribution < -0.4 is 10.6 Å². The fraction of sp³-hybridized carbons (Fsp3) is 0.556. The van der Waals surface area contributed by atoms with E-state index >= 15 is 0 Å². The quantitative estimate of drug-likeness (QED) is 0.388. The minimum atomic E-state index is 0. The second kappa shape index (κ2) is 11.6. The molecule has 1 aromatic rings. The van der Waals surface area contributed by atoms with Gasteiger partial charge in [0.25, 0.3) is 0 Å². The van der Waals surface area contributed by atoms with E-state index in [-0.39, 0.29) is 29.9 Å². The van der Waals surface area contributed by atoms with E-state index in [0.29, 0.717) is 31.4 Å². The maximum Gasteiger partial charge on any atom is 0.224 e. The predicted octanol–water partition coefficient (Wildman–Crippen LogP) is 3.27. The zero-order valence-electron chi connectivity index (χ0n) is 14.9. The third kappa shape index (κ3) is 7.81. The maximum atomic E-state index is 12.2. The molecule has 1 aromatic carbocycles. The summed E-state index contributed by atoms with van der Waals surface area (Å²) in [6.45, 7) is 5.21. The molecule has 1 fully saturated rings. The molecule has 1 unspecified atom stereocenters. The summed E-state index contributed by atoms with van der Waals surface area (Å²) in [6.07, 6.45) is 2.83. The number of benzene rings is 1. The van der Waals surface area contributed by atoms with Gasteiger partial charge in [-0.15, -0.1) is 24.0 Å². The summed E-state index contributed by atoms with van der Waals surface area (Å²) >= 11 is 5.98. The average molecular weight is 479 g/mol. The Kier molecular flexibility index (Phi) is 10.2. The lowest BCUT2D eigenvalue weighted by Crippen LogP contribution is -2.42. The molecule has 25 heavy (non-hydrogen) atoms. The molecule has 1 amide bonds. The summed E-state index contributed by atoms with van der Waals surface area (Å²) in [6, 6.07) is 7.70. The number of hydrogen-bond donors (Lipinski definition) is 2. The Morgan fingerprint density at radius 1 is 1.40 bits per heavy atom. The van der Waals surface area contributed by atoms with Crippen LogP contribution in [-0.2, 0) is 11.3 Å². The first-order chi connectivity index (χ1) is 11.6. The number of carbonyl (C=O) groups is 1. The van der Waals surface area contributed by atoms with Gasteiger partial charge in [0.1, 0.15) is 0 Å². The van der Waals surface area contributed by atoms with E-state index in [4.69, 9.17) is 11.6 Å². The second-order valence-electron chi connectivity index (χ2n) is 6.32. The Balaban J connectivity index is 0.00000312. The monoisotopic (exact) mass is 478 g/mol. The van der Waals surface area contributed by atoms with Crippen LogP contribution in [0.2, 0.25) is 5.02 Å². The van der Waals surface area contributed by atoms with Crippen molar-refractivity contribution in [2.75, 3.05) is 26.7 Å². The van der Waals surface area contributed by atoms with Crippen molar-refractivity contribution < 1.29 is 4.79 Å². The molecule has 1 heterocycles. The number of nitrogens with one attached hydrogen (secondary N) is 2. The van der Waals surface area contributed by atoms with Gasteiger partial charge in [0.05, 0.1) is 0 Å². The highest BCUT2D eigenvalue weighted by Gasteiger charge is 2.20. The lowest BCUT2D eigenvalue weighted by Gasteiger charge is -2.31. The molecule has 0 spiro atoms. The number of rotatable bonds is 5. The van der Waals surface area contributed by atoms with Crippen molar-refractivity contribution in [2.45, 2.75) is 32.7 Å². The molecule has 0 bridgehead atoms. The largest absolute Gasteiger partial charge is 0.356 e. The maximum absolute atomic E-state index is 12.2. The number of nitrogens with zero attached hydrogens (tertiary/aromatic N) is 2. The van der Waals surface area contributed by atoms with Crippen molar-refractivity contribution in [1.82, 2.24) is 15.5 Å². The van der Waals surface area contributed by atoms with Crippen LogP contribution in [0.15, 0.2) is 29.3 Å². The number of aliphatic imine (C=N–C) groups is 1. The number of amides is 1. The minimum absolute atomic E-state index is 0. The normalized spacial score (nSPS) is 17.6. The van der Waals surface area contributed by atoms with Crippen LogP contribution in [0.4, 0.5) is 0 Å². The molecule has 1 aliphatic rings. The summed E-state index contributed by atoms with van der Waals surface area (Å²) in [5, 5.41) is 7.14. The lowest BCUT2D eigenvalue weighted by molar-refractivity contribution is -0.132. The molecular formula is C18H28ClIN4O. The van der Waals surface area contributed by atoms with E-state index < -0.39 is 0 Å². The predicted molar refractivity (Wildman–Crippen MR) is 115 cm³/mol. The van der Waals surface area contributed by atoms with E-state index in [9.17, 15) is 4.79 Å². The smallest absolute Gasteiger partial charge is 0.224 e. The molecule has 1 atom stereocenters. The van der Waals surface area contributed by atoms with Crippen molar-refractivity contribution in [3.05, 3.63) is 34.9 Å². The molecule has 2 N–H and O–H groups in total. The van der Waals surface area contributed by atoms with Crippen molar-refractivity contribution in [3.63, 3.8) is 0 Å². The Bertz CT molecular complexity index is 582. The van der Waals surface area contributed by atoms with Gasteiger partial charge in [0.15, 0.2) is 5.96 Å². The highest BCUT2D eigenvalue weighted by Crippen LogP contribution is 2.15. The Morgan fingerprint density at radius 3 is 2.88 bits per heavy atom. The fourth-order valence-electron chi connectivity index (χ4n) is 2.92. The minimum Gasteiger partial charge on any atom is -0.356 e. The van der Waals surface area contributed by atoms with Crippen LogP contribution in [0.5, 0.6) is 0 Å². The molecule has 1 saturated heterocycles. The first-order valence-corrected chi connectivity index (χ1v) is 8.93. The van der Waals surface area contributed by atoms with Gasteiger partial charge in [-0.05, 0) is 36.5 Å². The van der Waals surface area contributed by atoms with Gasteiger partial charge in [-0.25, -0.2) is 0 Å². The number of carbonyl (C=O) groups excluding carboxylic acids is 1. The number of hydrogen-bond acceptors (Lipinski definition) is 2. The summed E-state index contributed by atoms with van der Waals surface area (Å²) in [5.74, 6) is 1.52. The van der Waals surface area contributed by atoms with Gasteiger partial charge in [-0.3, -0.25) is 9.79 Å². The van der Waals surface area contributed by atoms with Gasteiger partial charge < -0.3 is 15.5 Å². The third-order valence-corrected chi connectivity index (χ3v) is 4.45. The van der Waals surface area contributed by atoms with E-state index in [1.54, 1.807) is 7.05 Å². The Hall–Kier alpha value is -1.02. The topological polar surface area (TPSA) is 56.7 Å². The van der Waals surface area contributed by atoms with Crippen LogP contribution in [-0.4, -0.2) is 43.4 Å². The molecule has 1 aliphatic heterocycles. The van der Waals surface area contributed by atoms with Gasteiger partial charge in [0.2, 0.25) is 5.91 Å². The van der Waals surface area contributed by atoms with Crippen LogP contribution in [0.3, 0.4) is 0 Å². The molecule has 140 valence electrons. The SMILES string of the molecule is CN=C(NCCC(=O)N1CCCC(C)C1)NCc1cccc(Cl)c1.I. The van der Waals surface area contributed by atoms with Gasteiger partial charge in [0, 0.05) is 44.7 Å². The Morgan fingerprint density at radius 2 is 2.20 bits per heavy atom. The molecule has 0 radical (unpaired) electrons. The summed E-state index contributed by atoms with van der Waals surface area (Å²) in [7, 11) is 1.72. The van der Waals surface area contributed by atoms with Gasteiger partial charge in [-0.2, -0.15) is 0 Å². The van der Waals surface area contributed by atoms with Crippen LogP contribution in [0.25, 0.3) is 0 Å². The van der Waals surface area contributed by atoms with Crippen molar-refractivity contribution in [2.24, 2.45) is 10.9 Å². The first kappa shape index (κ1) is 22.0. The summed E-state index contributed by atoms with van der Waals surface area (Å²) in [4.78, 5) is 18.4. The fourth-order valence-corrected chi connectivity index (χ4v) is 3.13. The van der Waals surface area contributed by atoms with Crippen molar-refractivity contribution >= 4 is 47.4 Å². The van der Waals surface area contributed by atoms with Gasteiger partial charge in [-0.1, -0.05) is 30.7 Å². The second-order valence-corrected chi connectivity index (χ2v) is 6.76. The highest BCUT2D eigenvalue weighted by molar-refractivity contribution is 14.0. The average Bonchev–Trinajstić information content (AvgIpc) is 2.57. The molecular weight excluding hydrogens is 451 g/mol. The molecule has 0 saturated carbocycles. The Labute approximate surface area is 172 Å². The van der Waals surface area contributed by atoms with Crippen LogP contribution in [0, 0.1) is 5.92 Å². The zero-order chi connectivity index (χ0) is 17.4. The summed E-state index contributed by atoms with van der Waals surface area (Å²) in [5.41, 5.74) is 1.09. The molecule has 7 heteroatoms. The van der Waals surface area contributed by atoms with E-state index in [1.807, 2.05) is 29.2 Å². The van der Waals surface area contributed by atoms with Crippen molar-refractivity contribution in [1.29, 1.82) is 0 Å². The van der Waals surface area contributed by atoms with E-state index in [2.05, 4.69) is 22.5 Å². The number of piperidine rings is 1. The molecule has 5 nitrogen and oxygen atoms in total. The number of likely N-dealkylation sites (tertiary alicyclic amines) is 1. The highest BCUT2D eigenvalue weighted by atomic mass is 127. The number of guanidine groups is 1. The lowest BCUT2D eigenvalue weighted by atomic mass is 10.00. The molecule has 0 aromatic heterocycles. The molecule has 0 aliphatic carbocycles. The standard InChI is InChI=1S/C18H27ClN4O.HI/c1-14-5-4-10-23(13-14)17(24)8-9-21-18(20-2)22-12-15-6-3-7-16(19)11-15;/h3,6-7,11,14H,4-5,8-10,12-13H2,1-2H3,(H2,20,21,22);1H. The van der Waals surface area contributed by atoms with E-state index in [1.165, 1.54) is 6.42 Å².